The van der Waals surface area contributed by atoms with E-state index in [1.54, 1.807) is 36.1 Å². The average Bonchev–Trinajstić information content (AvgIpc) is 3.42. The molecule has 1 heterocycles. The first-order valence-electron chi connectivity index (χ1n) is 9.14. The molecule has 0 aromatic heterocycles. The molecule has 0 spiro atoms. The minimum absolute atomic E-state index is 0.0272. The Morgan fingerprint density at radius 1 is 0.963 bits per heavy atom. The van der Waals surface area contributed by atoms with Crippen molar-refractivity contribution in [2.24, 2.45) is 5.92 Å². The number of fused-ring (bicyclic) bond motifs is 1. The Hall–Kier alpha value is -3.15. The fourth-order valence-corrected chi connectivity index (χ4v) is 3.30. The van der Waals surface area contributed by atoms with Crippen molar-refractivity contribution in [3.63, 3.8) is 0 Å². The molecular weight excluding hydrogens is 342 g/mol. The van der Waals surface area contributed by atoms with Crippen molar-refractivity contribution in [3.05, 3.63) is 53.6 Å². The summed E-state index contributed by atoms with van der Waals surface area (Å²) in [4.78, 5) is 37.6. The molecule has 138 valence electrons. The zero-order valence-corrected chi connectivity index (χ0v) is 15.1. The van der Waals surface area contributed by atoms with Gasteiger partial charge < -0.3 is 15.5 Å². The van der Waals surface area contributed by atoms with Crippen molar-refractivity contribution < 1.29 is 14.4 Å². The van der Waals surface area contributed by atoms with Gasteiger partial charge in [-0.15, -0.1) is 0 Å². The molecule has 0 bridgehead atoms. The lowest BCUT2D eigenvalue weighted by molar-refractivity contribution is -0.117. The van der Waals surface area contributed by atoms with Gasteiger partial charge in [0.25, 0.3) is 5.91 Å². The Morgan fingerprint density at radius 2 is 1.67 bits per heavy atom. The standard InChI is InChI=1S/C21H21N3O3/c1-13(25)24-11-10-16-12-18(8-9-19(16)24)23-21(27)15-4-6-17(7-5-15)22-20(26)14-2-3-14/h4-9,12,14H,2-3,10-11H2,1H3,(H,22,26)(H,23,27). The van der Waals surface area contributed by atoms with Crippen LogP contribution in [0.4, 0.5) is 17.1 Å². The molecule has 0 saturated heterocycles. The van der Waals surface area contributed by atoms with Crippen LogP contribution in [0.5, 0.6) is 0 Å². The third-order valence-electron chi connectivity index (χ3n) is 4.98. The van der Waals surface area contributed by atoms with Crippen molar-refractivity contribution in [2.45, 2.75) is 26.2 Å². The van der Waals surface area contributed by atoms with Crippen LogP contribution in [-0.4, -0.2) is 24.3 Å². The number of anilines is 3. The lowest BCUT2D eigenvalue weighted by Crippen LogP contribution is -2.25. The van der Waals surface area contributed by atoms with Crippen LogP contribution >= 0.6 is 0 Å². The van der Waals surface area contributed by atoms with Crippen LogP contribution in [0.25, 0.3) is 0 Å². The monoisotopic (exact) mass is 363 g/mol. The Balaban J connectivity index is 1.42. The van der Waals surface area contributed by atoms with Gasteiger partial charge in [-0.2, -0.15) is 0 Å². The number of hydrogen-bond acceptors (Lipinski definition) is 3. The highest BCUT2D eigenvalue weighted by Gasteiger charge is 2.29. The smallest absolute Gasteiger partial charge is 0.255 e. The molecule has 2 N–H and O–H groups in total. The van der Waals surface area contributed by atoms with Gasteiger partial charge in [-0.1, -0.05) is 0 Å². The molecule has 3 amide bonds. The van der Waals surface area contributed by atoms with Crippen LogP contribution < -0.4 is 15.5 Å². The van der Waals surface area contributed by atoms with Gasteiger partial charge in [-0.05, 0) is 67.3 Å². The first-order chi connectivity index (χ1) is 13.0. The molecule has 0 radical (unpaired) electrons. The largest absolute Gasteiger partial charge is 0.326 e. The normalized spacial score (nSPS) is 15.2. The summed E-state index contributed by atoms with van der Waals surface area (Å²) in [6, 6.07) is 12.5. The maximum Gasteiger partial charge on any atom is 0.255 e. The van der Waals surface area contributed by atoms with Crippen molar-refractivity contribution in [3.8, 4) is 0 Å². The van der Waals surface area contributed by atoms with Gasteiger partial charge in [0.1, 0.15) is 0 Å². The molecule has 4 rings (SSSR count). The zero-order valence-electron chi connectivity index (χ0n) is 15.1. The average molecular weight is 363 g/mol. The zero-order chi connectivity index (χ0) is 19.0. The maximum absolute atomic E-state index is 12.5. The van der Waals surface area contributed by atoms with Gasteiger partial charge in [0.2, 0.25) is 11.8 Å². The highest BCUT2D eigenvalue weighted by molar-refractivity contribution is 6.05. The van der Waals surface area contributed by atoms with E-state index >= 15 is 0 Å². The number of rotatable bonds is 4. The first kappa shape index (κ1) is 17.3. The molecule has 2 aromatic rings. The van der Waals surface area contributed by atoms with E-state index in [0.717, 1.165) is 30.5 Å². The molecule has 27 heavy (non-hydrogen) atoms. The summed E-state index contributed by atoms with van der Waals surface area (Å²) in [5.41, 5.74) is 3.89. The summed E-state index contributed by atoms with van der Waals surface area (Å²) in [6.45, 7) is 2.23. The van der Waals surface area contributed by atoms with Crippen LogP contribution in [0.3, 0.4) is 0 Å². The molecule has 1 aliphatic carbocycles. The number of benzene rings is 2. The second kappa shape index (κ2) is 6.87. The lowest BCUT2D eigenvalue weighted by atomic mass is 10.1. The summed E-state index contributed by atoms with van der Waals surface area (Å²) in [5, 5.41) is 5.75. The third kappa shape index (κ3) is 3.69. The van der Waals surface area contributed by atoms with E-state index in [2.05, 4.69) is 10.6 Å². The Kier molecular flexibility index (Phi) is 4.39. The second-order valence-corrected chi connectivity index (χ2v) is 7.06. The van der Waals surface area contributed by atoms with Crippen molar-refractivity contribution >= 4 is 34.8 Å². The van der Waals surface area contributed by atoms with Crippen LogP contribution in [0.15, 0.2) is 42.5 Å². The molecule has 2 aromatic carbocycles. The van der Waals surface area contributed by atoms with E-state index in [1.807, 2.05) is 18.2 Å². The Bertz CT molecular complexity index is 917. The van der Waals surface area contributed by atoms with Gasteiger partial charge in [-0.3, -0.25) is 14.4 Å². The molecule has 1 saturated carbocycles. The van der Waals surface area contributed by atoms with E-state index in [0.29, 0.717) is 23.5 Å². The van der Waals surface area contributed by atoms with Crippen LogP contribution in [0.1, 0.15) is 35.7 Å². The van der Waals surface area contributed by atoms with E-state index in [9.17, 15) is 14.4 Å². The van der Waals surface area contributed by atoms with Crippen molar-refractivity contribution in [1.82, 2.24) is 0 Å². The summed E-state index contributed by atoms with van der Waals surface area (Å²) >= 11 is 0. The molecule has 6 nitrogen and oxygen atoms in total. The predicted molar refractivity (Wildman–Crippen MR) is 104 cm³/mol. The molecule has 2 aliphatic rings. The molecule has 0 atom stereocenters. The van der Waals surface area contributed by atoms with Gasteiger partial charge in [0.05, 0.1) is 0 Å². The fourth-order valence-electron chi connectivity index (χ4n) is 3.30. The Labute approximate surface area is 157 Å². The van der Waals surface area contributed by atoms with E-state index in [4.69, 9.17) is 0 Å². The molecule has 1 aliphatic heterocycles. The topological polar surface area (TPSA) is 78.5 Å². The quantitative estimate of drug-likeness (QED) is 0.876. The molecule has 0 unspecified atom stereocenters. The third-order valence-corrected chi connectivity index (χ3v) is 4.98. The number of carbonyl (C=O) groups excluding carboxylic acids is 3. The summed E-state index contributed by atoms with van der Waals surface area (Å²) in [6.07, 6.45) is 2.70. The SMILES string of the molecule is CC(=O)N1CCc2cc(NC(=O)c3ccc(NC(=O)C4CC4)cc3)ccc21. The molecule has 1 fully saturated rings. The number of nitrogens with zero attached hydrogens (tertiary/aromatic N) is 1. The number of amides is 3. The minimum Gasteiger partial charge on any atom is -0.326 e. The van der Waals surface area contributed by atoms with Crippen LogP contribution in [0, 0.1) is 5.92 Å². The van der Waals surface area contributed by atoms with Crippen molar-refractivity contribution in [1.29, 1.82) is 0 Å². The van der Waals surface area contributed by atoms with Gasteiger partial charge in [0, 0.05) is 42.0 Å². The molecule has 6 heteroatoms. The predicted octanol–water partition coefficient (Wildman–Crippen LogP) is 3.20. The number of nitrogens with one attached hydrogen (secondary N) is 2. The van der Waals surface area contributed by atoms with Crippen LogP contribution in [0.2, 0.25) is 0 Å². The van der Waals surface area contributed by atoms with Crippen molar-refractivity contribution in [2.75, 3.05) is 22.1 Å². The van der Waals surface area contributed by atoms with Gasteiger partial charge in [0.15, 0.2) is 0 Å². The van der Waals surface area contributed by atoms with Gasteiger partial charge >= 0.3 is 0 Å². The number of hydrogen-bond donors (Lipinski definition) is 2. The second-order valence-electron chi connectivity index (χ2n) is 7.06. The fraction of sp³-hybridized carbons (Fsp3) is 0.286. The highest BCUT2D eigenvalue weighted by Crippen LogP contribution is 2.31. The van der Waals surface area contributed by atoms with E-state index in [1.165, 1.54) is 0 Å². The van der Waals surface area contributed by atoms with E-state index < -0.39 is 0 Å². The summed E-state index contributed by atoms with van der Waals surface area (Å²) < 4.78 is 0. The summed E-state index contributed by atoms with van der Waals surface area (Å²) in [7, 11) is 0. The minimum atomic E-state index is -0.212. The molecular formula is C21H21N3O3. The van der Waals surface area contributed by atoms with Crippen LogP contribution in [-0.2, 0) is 16.0 Å². The highest BCUT2D eigenvalue weighted by atomic mass is 16.2. The lowest BCUT2D eigenvalue weighted by Gasteiger charge is -2.15. The maximum atomic E-state index is 12.5. The van der Waals surface area contributed by atoms with E-state index in [-0.39, 0.29) is 23.6 Å². The first-order valence-corrected chi connectivity index (χ1v) is 9.14. The summed E-state index contributed by atoms with van der Waals surface area (Å²) in [5.74, 6) is 0.00694. The van der Waals surface area contributed by atoms with Gasteiger partial charge in [-0.25, -0.2) is 0 Å². The Morgan fingerprint density at radius 3 is 2.33 bits per heavy atom. The number of carbonyl (C=O) groups is 3.